The highest BCUT2D eigenvalue weighted by molar-refractivity contribution is 7.18. The van der Waals surface area contributed by atoms with Crippen molar-refractivity contribution in [3.05, 3.63) is 46.6 Å². The topological polar surface area (TPSA) is 58.1 Å². The van der Waals surface area contributed by atoms with Gasteiger partial charge in [-0.3, -0.25) is 4.79 Å². The van der Waals surface area contributed by atoms with Crippen LogP contribution in [0.2, 0.25) is 0 Å². The fourth-order valence-corrected chi connectivity index (χ4v) is 5.46. The van der Waals surface area contributed by atoms with Crippen LogP contribution >= 0.6 is 11.3 Å². The molecule has 2 aliphatic heterocycles. The average molecular weight is 379 g/mol. The minimum atomic E-state index is 0.136. The van der Waals surface area contributed by atoms with E-state index in [1.165, 1.54) is 10.4 Å². The molecule has 0 bridgehead atoms. The monoisotopic (exact) mass is 378 g/mol. The fourth-order valence-electron chi connectivity index (χ4n) is 4.47. The number of hydrogen-bond donors (Lipinski definition) is 1. The molecule has 0 aliphatic carbocycles. The van der Waals surface area contributed by atoms with E-state index in [1.807, 2.05) is 24.3 Å². The number of aromatic nitrogens is 2. The van der Waals surface area contributed by atoms with Gasteiger partial charge in [-0.05, 0) is 43.9 Å². The molecule has 2 unspecified atom stereocenters. The highest BCUT2D eigenvalue weighted by atomic mass is 32.1. The molecule has 2 aromatic heterocycles. The quantitative estimate of drug-likeness (QED) is 0.742. The van der Waals surface area contributed by atoms with Crippen molar-refractivity contribution >= 4 is 27.5 Å². The Labute approximate surface area is 162 Å². The maximum Gasteiger partial charge on any atom is 0.254 e. The van der Waals surface area contributed by atoms with Crippen molar-refractivity contribution in [1.29, 1.82) is 0 Å². The minimum absolute atomic E-state index is 0.136. The van der Waals surface area contributed by atoms with Crippen LogP contribution in [0.1, 0.15) is 27.2 Å². The number of carbonyl (C=O) groups is 1. The van der Waals surface area contributed by atoms with E-state index in [9.17, 15) is 4.79 Å². The van der Waals surface area contributed by atoms with Crippen LogP contribution in [-0.2, 0) is 0 Å². The third-order valence-corrected chi connectivity index (χ3v) is 7.17. The van der Waals surface area contributed by atoms with Crippen LogP contribution in [0.15, 0.2) is 30.6 Å². The van der Waals surface area contributed by atoms with Crippen molar-refractivity contribution in [2.75, 3.05) is 19.6 Å². The Bertz CT molecular complexity index is 1040. The number of hydrogen-bond acceptors (Lipinski definition) is 5. The summed E-state index contributed by atoms with van der Waals surface area (Å²) in [6.45, 7) is 7.04. The number of fused-ring (bicyclic) bond motifs is 2. The second kappa shape index (κ2) is 6.39. The largest absolute Gasteiger partial charge is 0.334 e. The van der Waals surface area contributed by atoms with Crippen molar-refractivity contribution in [3.63, 3.8) is 0 Å². The first-order valence-corrected chi connectivity index (χ1v) is 10.3. The molecule has 5 nitrogen and oxygen atoms in total. The molecule has 2 atom stereocenters. The zero-order valence-corrected chi connectivity index (χ0v) is 16.3. The van der Waals surface area contributed by atoms with Crippen LogP contribution in [0.25, 0.3) is 21.5 Å². The summed E-state index contributed by atoms with van der Waals surface area (Å²) in [6.07, 6.45) is 2.72. The van der Waals surface area contributed by atoms with Gasteiger partial charge in [0.15, 0.2) is 0 Å². The zero-order valence-electron chi connectivity index (χ0n) is 15.5. The van der Waals surface area contributed by atoms with Gasteiger partial charge in [0.05, 0.1) is 5.69 Å². The van der Waals surface area contributed by atoms with Gasteiger partial charge in [0, 0.05) is 47.1 Å². The number of carbonyl (C=O) groups excluding carboxylic acids is 1. The highest BCUT2D eigenvalue weighted by Crippen LogP contribution is 2.35. The molecule has 138 valence electrons. The molecule has 0 spiro atoms. The number of nitrogens with one attached hydrogen (secondary N) is 1. The Morgan fingerprint density at radius 3 is 3.04 bits per heavy atom. The van der Waals surface area contributed by atoms with Gasteiger partial charge in [-0.15, -0.1) is 11.3 Å². The number of rotatable bonds is 2. The van der Waals surface area contributed by atoms with E-state index in [1.54, 1.807) is 17.7 Å². The summed E-state index contributed by atoms with van der Waals surface area (Å²) in [5.74, 6) is 0.742. The second-order valence-electron chi connectivity index (χ2n) is 7.54. The minimum Gasteiger partial charge on any atom is -0.334 e. The Morgan fingerprint density at radius 2 is 2.15 bits per heavy atom. The fraction of sp³-hybridized carbons (Fsp3) is 0.381. The van der Waals surface area contributed by atoms with E-state index in [0.29, 0.717) is 12.0 Å². The average Bonchev–Trinajstić information content (AvgIpc) is 3.37. The smallest absolute Gasteiger partial charge is 0.254 e. The molecule has 1 aromatic carbocycles. The van der Waals surface area contributed by atoms with E-state index < -0.39 is 0 Å². The summed E-state index contributed by atoms with van der Waals surface area (Å²) >= 11 is 1.70. The molecular formula is C21H22N4OS. The van der Waals surface area contributed by atoms with Crippen LogP contribution in [0.4, 0.5) is 0 Å². The predicted octanol–water partition coefficient (Wildman–Crippen LogP) is 3.41. The van der Waals surface area contributed by atoms with Gasteiger partial charge in [0.1, 0.15) is 11.2 Å². The van der Waals surface area contributed by atoms with Crippen LogP contribution in [-0.4, -0.2) is 46.5 Å². The Hall–Kier alpha value is -2.31. The molecule has 1 N–H and O–H groups in total. The summed E-state index contributed by atoms with van der Waals surface area (Å²) < 4.78 is 0. The predicted molar refractivity (Wildman–Crippen MR) is 108 cm³/mol. The van der Waals surface area contributed by atoms with Crippen LogP contribution < -0.4 is 5.32 Å². The summed E-state index contributed by atoms with van der Waals surface area (Å²) in [4.78, 5) is 26.5. The SMILES string of the molecule is Cc1sc2ncnc(-c3cccc(C(=O)N4CCC5CNCC54)c3)c2c1C. The molecule has 5 rings (SSSR count). The molecule has 6 heteroatoms. The lowest BCUT2D eigenvalue weighted by Crippen LogP contribution is -2.39. The number of amides is 1. The molecule has 2 aliphatic rings. The Morgan fingerprint density at radius 1 is 1.26 bits per heavy atom. The van der Waals surface area contributed by atoms with Gasteiger partial charge in [-0.25, -0.2) is 9.97 Å². The lowest BCUT2D eigenvalue weighted by atomic mass is 10.0. The maximum atomic E-state index is 13.2. The first-order chi connectivity index (χ1) is 13.1. The van der Waals surface area contributed by atoms with Gasteiger partial charge in [-0.2, -0.15) is 0 Å². The molecule has 4 heterocycles. The van der Waals surface area contributed by atoms with E-state index in [0.717, 1.165) is 53.1 Å². The summed E-state index contributed by atoms with van der Waals surface area (Å²) in [7, 11) is 0. The third-order valence-electron chi connectivity index (χ3n) is 6.05. The number of thiophene rings is 1. The van der Waals surface area contributed by atoms with Crippen LogP contribution in [0, 0.1) is 19.8 Å². The van der Waals surface area contributed by atoms with Gasteiger partial charge >= 0.3 is 0 Å². The van der Waals surface area contributed by atoms with Gasteiger partial charge in [0.25, 0.3) is 5.91 Å². The van der Waals surface area contributed by atoms with Gasteiger partial charge < -0.3 is 10.2 Å². The summed E-state index contributed by atoms with van der Waals surface area (Å²) in [6, 6.07) is 8.26. The van der Waals surface area contributed by atoms with Gasteiger partial charge in [0.2, 0.25) is 0 Å². The lowest BCUT2D eigenvalue weighted by molar-refractivity contribution is 0.0737. The van der Waals surface area contributed by atoms with E-state index in [4.69, 9.17) is 0 Å². The van der Waals surface area contributed by atoms with Crippen molar-refractivity contribution in [1.82, 2.24) is 20.2 Å². The Kier molecular flexibility index (Phi) is 3.98. The Balaban J connectivity index is 1.54. The van der Waals surface area contributed by atoms with E-state index >= 15 is 0 Å². The van der Waals surface area contributed by atoms with Crippen LogP contribution in [0.3, 0.4) is 0 Å². The number of benzene rings is 1. The molecule has 0 saturated carbocycles. The molecule has 1 amide bonds. The molecular weight excluding hydrogens is 356 g/mol. The number of nitrogens with zero attached hydrogens (tertiary/aromatic N) is 3. The van der Waals surface area contributed by atoms with Crippen molar-refractivity contribution in [2.45, 2.75) is 26.3 Å². The van der Waals surface area contributed by atoms with Crippen molar-refractivity contribution in [2.24, 2.45) is 5.92 Å². The number of likely N-dealkylation sites (tertiary alicyclic amines) is 1. The first-order valence-electron chi connectivity index (χ1n) is 9.46. The molecule has 27 heavy (non-hydrogen) atoms. The standard InChI is InChI=1S/C21H22N4OS/c1-12-13(2)27-20-18(12)19(23-11-24-20)14-4-3-5-15(8-14)21(26)25-7-6-16-9-22-10-17(16)25/h3-5,8,11,16-17,22H,6-7,9-10H2,1-2H3. The third kappa shape index (κ3) is 2.66. The van der Waals surface area contributed by atoms with Gasteiger partial charge in [-0.1, -0.05) is 12.1 Å². The summed E-state index contributed by atoms with van der Waals surface area (Å²) in [5.41, 5.74) is 3.87. The van der Waals surface area contributed by atoms with E-state index in [-0.39, 0.29) is 5.91 Å². The molecule has 2 fully saturated rings. The molecule has 2 saturated heterocycles. The normalized spacial score (nSPS) is 21.8. The summed E-state index contributed by atoms with van der Waals surface area (Å²) in [5, 5.41) is 4.52. The lowest BCUT2D eigenvalue weighted by Gasteiger charge is -2.23. The number of aryl methyl sites for hydroxylation is 2. The highest BCUT2D eigenvalue weighted by Gasteiger charge is 2.40. The van der Waals surface area contributed by atoms with E-state index in [2.05, 4.69) is 34.0 Å². The molecule has 3 aromatic rings. The maximum absolute atomic E-state index is 13.2. The molecule has 0 radical (unpaired) electrons. The van der Waals surface area contributed by atoms with Crippen LogP contribution in [0.5, 0.6) is 0 Å². The zero-order chi connectivity index (χ0) is 18.5. The van der Waals surface area contributed by atoms with Crippen molar-refractivity contribution in [3.8, 4) is 11.3 Å². The van der Waals surface area contributed by atoms with Crippen molar-refractivity contribution < 1.29 is 4.79 Å². The first kappa shape index (κ1) is 16.8. The second-order valence-corrected chi connectivity index (χ2v) is 8.74.